The van der Waals surface area contributed by atoms with Gasteiger partial charge in [0.2, 0.25) is 0 Å². The molecule has 0 aromatic heterocycles. The lowest BCUT2D eigenvalue weighted by Crippen LogP contribution is -2.23. The largest absolute Gasteiger partial charge is 0.389 e. The molecule has 0 saturated heterocycles. The molecule has 0 saturated carbocycles. The Kier molecular flexibility index (Phi) is 5.55. The standard InChI is InChI=1S/C12H13ClF5N/c1-2-19-11(3-4-12(16,17)18)7-5-9(14)10(15)6-8(7)13/h5-6,11,19H,2-4H2,1H3. The van der Waals surface area contributed by atoms with E-state index in [1.807, 2.05) is 0 Å². The molecule has 0 bridgehead atoms. The van der Waals surface area contributed by atoms with Crippen LogP contribution in [0.5, 0.6) is 0 Å². The maximum absolute atomic E-state index is 13.2. The van der Waals surface area contributed by atoms with Crippen molar-refractivity contribution in [3.8, 4) is 0 Å². The molecule has 19 heavy (non-hydrogen) atoms. The lowest BCUT2D eigenvalue weighted by molar-refractivity contribution is -0.136. The Morgan fingerprint density at radius 2 is 1.79 bits per heavy atom. The van der Waals surface area contributed by atoms with Crippen LogP contribution in [0.15, 0.2) is 12.1 Å². The van der Waals surface area contributed by atoms with Gasteiger partial charge in [-0.05, 0) is 30.7 Å². The van der Waals surface area contributed by atoms with E-state index in [4.69, 9.17) is 11.6 Å². The lowest BCUT2D eigenvalue weighted by Gasteiger charge is -2.20. The van der Waals surface area contributed by atoms with E-state index >= 15 is 0 Å². The summed E-state index contributed by atoms with van der Waals surface area (Å²) in [6.45, 7) is 2.09. The van der Waals surface area contributed by atoms with Gasteiger partial charge in [0, 0.05) is 17.5 Å². The first-order chi connectivity index (χ1) is 8.74. The van der Waals surface area contributed by atoms with Crippen LogP contribution >= 0.6 is 11.6 Å². The summed E-state index contributed by atoms with van der Waals surface area (Å²) in [5.74, 6) is -2.26. The second-order valence-electron chi connectivity index (χ2n) is 4.05. The second kappa shape index (κ2) is 6.52. The Morgan fingerprint density at radius 1 is 1.21 bits per heavy atom. The van der Waals surface area contributed by atoms with E-state index in [0.29, 0.717) is 6.54 Å². The van der Waals surface area contributed by atoms with Gasteiger partial charge in [0.05, 0.1) is 0 Å². The zero-order chi connectivity index (χ0) is 14.6. The molecule has 0 radical (unpaired) electrons. The summed E-state index contributed by atoms with van der Waals surface area (Å²) in [7, 11) is 0. The van der Waals surface area contributed by atoms with Gasteiger partial charge in [-0.3, -0.25) is 0 Å². The zero-order valence-corrected chi connectivity index (χ0v) is 10.9. The highest BCUT2D eigenvalue weighted by molar-refractivity contribution is 6.31. The Morgan fingerprint density at radius 3 is 2.32 bits per heavy atom. The van der Waals surface area contributed by atoms with Crippen LogP contribution in [-0.2, 0) is 0 Å². The first kappa shape index (κ1) is 16.2. The van der Waals surface area contributed by atoms with E-state index in [1.165, 1.54) is 0 Å². The van der Waals surface area contributed by atoms with Gasteiger partial charge in [-0.25, -0.2) is 8.78 Å². The van der Waals surface area contributed by atoms with E-state index in [-0.39, 0.29) is 17.0 Å². The summed E-state index contributed by atoms with van der Waals surface area (Å²) in [6, 6.07) is 0.833. The third-order valence-corrected chi connectivity index (χ3v) is 2.91. The van der Waals surface area contributed by atoms with E-state index in [9.17, 15) is 22.0 Å². The van der Waals surface area contributed by atoms with Crippen LogP contribution in [0.1, 0.15) is 31.4 Å². The fourth-order valence-corrected chi connectivity index (χ4v) is 2.01. The SMILES string of the molecule is CCNC(CCC(F)(F)F)c1cc(F)c(F)cc1Cl. The molecule has 0 aliphatic rings. The van der Waals surface area contributed by atoms with E-state index < -0.39 is 30.3 Å². The van der Waals surface area contributed by atoms with Crippen molar-refractivity contribution in [2.45, 2.75) is 32.0 Å². The van der Waals surface area contributed by atoms with Crippen molar-refractivity contribution in [3.63, 3.8) is 0 Å². The summed E-state index contributed by atoms with van der Waals surface area (Å²) in [5, 5.41) is 2.69. The van der Waals surface area contributed by atoms with Crippen molar-refractivity contribution < 1.29 is 22.0 Å². The van der Waals surface area contributed by atoms with Gasteiger partial charge in [-0.1, -0.05) is 18.5 Å². The molecule has 0 aliphatic heterocycles. The fourth-order valence-electron chi connectivity index (χ4n) is 1.73. The predicted octanol–water partition coefficient (Wildman–Crippen LogP) is 4.61. The molecule has 1 aromatic rings. The maximum atomic E-state index is 13.2. The van der Waals surface area contributed by atoms with Crippen LogP contribution in [0.25, 0.3) is 0 Å². The van der Waals surface area contributed by atoms with Crippen LogP contribution in [0.4, 0.5) is 22.0 Å². The maximum Gasteiger partial charge on any atom is 0.389 e. The number of hydrogen-bond donors (Lipinski definition) is 1. The highest BCUT2D eigenvalue weighted by Gasteiger charge is 2.29. The average Bonchev–Trinajstić information content (AvgIpc) is 2.28. The number of hydrogen-bond acceptors (Lipinski definition) is 1. The third-order valence-electron chi connectivity index (χ3n) is 2.58. The normalized spacial score (nSPS) is 13.6. The van der Waals surface area contributed by atoms with Gasteiger partial charge in [0.15, 0.2) is 11.6 Å². The average molecular weight is 302 g/mol. The Bertz CT molecular complexity index is 433. The summed E-state index contributed by atoms with van der Waals surface area (Å²) in [5.41, 5.74) is 0.131. The van der Waals surface area contributed by atoms with Gasteiger partial charge >= 0.3 is 6.18 Å². The van der Waals surface area contributed by atoms with Crippen LogP contribution in [-0.4, -0.2) is 12.7 Å². The Labute approximate surface area is 112 Å². The number of nitrogens with one attached hydrogen (secondary N) is 1. The van der Waals surface area contributed by atoms with Gasteiger partial charge in [-0.15, -0.1) is 0 Å². The summed E-state index contributed by atoms with van der Waals surface area (Å²) in [4.78, 5) is 0. The van der Waals surface area contributed by atoms with E-state index in [1.54, 1.807) is 6.92 Å². The predicted molar refractivity (Wildman–Crippen MR) is 63.1 cm³/mol. The van der Waals surface area contributed by atoms with Crippen LogP contribution in [0, 0.1) is 11.6 Å². The number of alkyl halides is 3. The third kappa shape index (κ3) is 4.95. The minimum atomic E-state index is -4.31. The lowest BCUT2D eigenvalue weighted by atomic mass is 10.0. The van der Waals surface area contributed by atoms with Gasteiger partial charge in [-0.2, -0.15) is 13.2 Å². The molecule has 1 unspecified atom stereocenters. The van der Waals surface area contributed by atoms with Crippen molar-refractivity contribution in [2.75, 3.05) is 6.54 Å². The second-order valence-corrected chi connectivity index (χ2v) is 4.46. The van der Waals surface area contributed by atoms with E-state index in [2.05, 4.69) is 5.32 Å². The van der Waals surface area contributed by atoms with Crippen molar-refractivity contribution >= 4 is 11.6 Å². The summed E-state index contributed by atoms with van der Waals surface area (Å²) in [6.07, 6.45) is -5.62. The topological polar surface area (TPSA) is 12.0 Å². The number of halogens is 6. The zero-order valence-electron chi connectivity index (χ0n) is 10.1. The molecule has 1 atom stereocenters. The van der Waals surface area contributed by atoms with Crippen molar-refractivity contribution in [1.29, 1.82) is 0 Å². The number of rotatable bonds is 5. The summed E-state index contributed by atoms with van der Waals surface area (Å²) < 4.78 is 62.7. The molecule has 0 amide bonds. The first-order valence-corrected chi connectivity index (χ1v) is 6.07. The minimum absolute atomic E-state index is 0.0907. The highest BCUT2D eigenvalue weighted by atomic mass is 35.5. The van der Waals surface area contributed by atoms with Crippen molar-refractivity contribution in [2.24, 2.45) is 0 Å². The van der Waals surface area contributed by atoms with Crippen LogP contribution in [0.2, 0.25) is 5.02 Å². The number of benzene rings is 1. The molecule has 1 rings (SSSR count). The van der Waals surface area contributed by atoms with Gasteiger partial charge < -0.3 is 5.32 Å². The van der Waals surface area contributed by atoms with Gasteiger partial charge in [0.1, 0.15) is 0 Å². The molecule has 0 heterocycles. The molecule has 7 heteroatoms. The van der Waals surface area contributed by atoms with Crippen LogP contribution in [0.3, 0.4) is 0 Å². The highest BCUT2D eigenvalue weighted by Crippen LogP contribution is 2.32. The van der Waals surface area contributed by atoms with Crippen molar-refractivity contribution in [3.05, 3.63) is 34.4 Å². The quantitative estimate of drug-likeness (QED) is 0.618. The molecule has 1 N–H and O–H groups in total. The summed E-state index contributed by atoms with van der Waals surface area (Å²) >= 11 is 5.75. The molecule has 0 spiro atoms. The molecule has 108 valence electrons. The smallest absolute Gasteiger partial charge is 0.310 e. The molecular formula is C12H13ClF5N. The molecule has 1 nitrogen and oxygen atoms in total. The Balaban J connectivity index is 2.95. The minimum Gasteiger partial charge on any atom is -0.310 e. The molecule has 0 aliphatic carbocycles. The van der Waals surface area contributed by atoms with E-state index in [0.717, 1.165) is 12.1 Å². The van der Waals surface area contributed by atoms with Crippen molar-refractivity contribution in [1.82, 2.24) is 5.32 Å². The fraction of sp³-hybridized carbons (Fsp3) is 0.500. The molecule has 1 aromatic carbocycles. The first-order valence-electron chi connectivity index (χ1n) is 5.69. The molecule has 0 fully saturated rings. The van der Waals surface area contributed by atoms with Gasteiger partial charge in [0.25, 0.3) is 0 Å². The van der Waals surface area contributed by atoms with Crippen LogP contribution < -0.4 is 5.32 Å². The monoisotopic (exact) mass is 301 g/mol. The Hall–Kier alpha value is -0.880. The molecular weight excluding hydrogens is 289 g/mol.